The molecule has 4 rings (SSSR count). The molecule has 1 aromatic carbocycles. The van der Waals surface area contributed by atoms with Crippen molar-refractivity contribution in [3.63, 3.8) is 0 Å². The summed E-state index contributed by atoms with van der Waals surface area (Å²) in [6.07, 6.45) is 4.65. The smallest absolute Gasteiger partial charge is 0.267 e. The standard InChI is InChI=1S/C18H21N3O4S/c22-18-12-13-3-1-2-4-16(13)20-21(18)9-8-19-26(23,24)15-5-6-17-14(11-15)7-10-25-17/h5-6,11-12,19H,1-4,7-10H2. The fourth-order valence-corrected chi connectivity index (χ4v) is 4.53. The van der Waals surface area contributed by atoms with E-state index in [0.29, 0.717) is 13.0 Å². The highest BCUT2D eigenvalue weighted by molar-refractivity contribution is 7.89. The molecule has 0 saturated heterocycles. The van der Waals surface area contributed by atoms with Gasteiger partial charge in [0.1, 0.15) is 5.75 Å². The van der Waals surface area contributed by atoms with Crippen molar-refractivity contribution in [2.45, 2.75) is 43.5 Å². The highest BCUT2D eigenvalue weighted by Gasteiger charge is 2.19. The Morgan fingerprint density at radius 1 is 1.12 bits per heavy atom. The van der Waals surface area contributed by atoms with Crippen molar-refractivity contribution in [2.75, 3.05) is 13.2 Å². The average molecular weight is 375 g/mol. The van der Waals surface area contributed by atoms with Gasteiger partial charge in [0.15, 0.2) is 0 Å². The first-order valence-electron chi connectivity index (χ1n) is 8.88. The predicted octanol–water partition coefficient (Wildman–Crippen LogP) is 1.04. The monoisotopic (exact) mass is 375 g/mol. The number of rotatable bonds is 5. The zero-order chi connectivity index (χ0) is 18.1. The first-order valence-corrected chi connectivity index (χ1v) is 10.4. The molecule has 0 spiro atoms. The van der Waals surface area contributed by atoms with Crippen LogP contribution in [-0.4, -0.2) is 31.3 Å². The van der Waals surface area contributed by atoms with Crippen LogP contribution in [0.15, 0.2) is 34.0 Å². The summed E-state index contributed by atoms with van der Waals surface area (Å²) < 4.78 is 34.3. The lowest BCUT2D eigenvalue weighted by Crippen LogP contribution is -2.33. The van der Waals surface area contributed by atoms with E-state index in [-0.39, 0.29) is 23.5 Å². The van der Waals surface area contributed by atoms with E-state index < -0.39 is 10.0 Å². The molecule has 26 heavy (non-hydrogen) atoms. The third-order valence-corrected chi connectivity index (χ3v) is 6.32. The van der Waals surface area contributed by atoms with Crippen LogP contribution in [0.2, 0.25) is 0 Å². The second kappa shape index (κ2) is 6.85. The zero-order valence-electron chi connectivity index (χ0n) is 14.4. The maximum Gasteiger partial charge on any atom is 0.267 e. The molecule has 0 bridgehead atoms. The van der Waals surface area contributed by atoms with Gasteiger partial charge in [-0.1, -0.05) is 0 Å². The minimum atomic E-state index is -3.63. The summed E-state index contributed by atoms with van der Waals surface area (Å²) in [5, 5.41) is 4.41. The third kappa shape index (κ3) is 3.39. The fraction of sp³-hybridized carbons (Fsp3) is 0.444. The van der Waals surface area contributed by atoms with Crippen molar-refractivity contribution in [1.82, 2.24) is 14.5 Å². The number of hydrogen-bond acceptors (Lipinski definition) is 5. The summed E-state index contributed by atoms with van der Waals surface area (Å²) in [4.78, 5) is 12.4. The van der Waals surface area contributed by atoms with E-state index >= 15 is 0 Å². The summed E-state index contributed by atoms with van der Waals surface area (Å²) in [6.45, 7) is 0.903. The Balaban J connectivity index is 1.45. The highest BCUT2D eigenvalue weighted by atomic mass is 32.2. The zero-order valence-corrected chi connectivity index (χ0v) is 15.2. The number of ether oxygens (including phenoxy) is 1. The molecule has 1 aliphatic heterocycles. The summed E-state index contributed by atoms with van der Waals surface area (Å²) >= 11 is 0. The second-order valence-electron chi connectivity index (χ2n) is 6.65. The number of sulfonamides is 1. The van der Waals surface area contributed by atoms with Crippen LogP contribution in [0.3, 0.4) is 0 Å². The van der Waals surface area contributed by atoms with Crippen LogP contribution in [0.4, 0.5) is 0 Å². The molecule has 1 N–H and O–H groups in total. The average Bonchev–Trinajstić information content (AvgIpc) is 3.10. The molecule has 0 atom stereocenters. The molecule has 0 unspecified atom stereocenters. The normalized spacial score (nSPS) is 16.0. The van der Waals surface area contributed by atoms with Gasteiger partial charge in [0.05, 0.1) is 23.7 Å². The minimum absolute atomic E-state index is 0.113. The molecule has 2 heterocycles. The van der Waals surface area contributed by atoms with Gasteiger partial charge in [-0.25, -0.2) is 17.8 Å². The van der Waals surface area contributed by atoms with Gasteiger partial charge in [-0.3, -0.25) is 4.79 Å². The SMILES string of the molecule is O=c1cc2c(nn1CCNS(=O)(=O)c1ccc3c(c1)CCO3)CCCC2. The number of benzene rings is 1. The first kappa shape index (κ1) is 17.2. The van der Waals surface area contributed by atoms with E-state index in [1.54, 1.807) is 18.2 Å². The van der Waals surface area contributed by atoms with Gasteiger partial charge < -0.3 is 4.74 Å². The number of aryl methyl sites for hydroxylation is 2. The molecule has 138 valence electrons. The first-order chi connectivity index (χ1) is 12.5. The van der Waals surface area contributed by atoms with Crippen LogP contribution < -0.4 is 15.0 Å². The Hall–Kier alpha value is -2.19. The maximum atomic E-state index is 12.5. The van der Waals surface area contributed by atoms with E-state index in [4.69, 9.17) is 4.74 Å². The van der Waals surface area contributed by atoms with E-state index in [9.17, 15) is 13.2 Å². The van der Waals surface area contributed by atoms with Crippen LogP contribution in [0, 0.1) is 0 Å². The van der Waals surface area contributed by atoms with Gasteiger partial charge in [-0.2, -0.15) is 5.10 Å². The summed E-state index contributed by atoms with van der Waals surface area (Å²) in [6, 6.07) is 6.51. The lowest BCUT2D eigenvalue weighted by molar-refractivity contribution is 0.356. The molecule has 2 aromatic rings. The summed E-state index contributed by atoms with van der Waals surface area (Å²) in [5.41, 5.74) is 2.70. The van der Waals surface area contributed by atoms with Crippen LogP contribution in [-0.2, 0) is 35.8 Å². The number of nitrogens with one attached hydrogen (secondary N) is 1. The Morgan fingerprint density at radius 2 is 1.96 bits per heavy atom. The largest absolute Gasteiger partial charge is 0.493 e. The lowest BCUT2D eigenvalue weighted by atomic mass is 9.97. The Labute approximate surface area is 152 Å². The van der Waals surface area contributed by atoms with E-state index in [1.165, 1.54) is 10.7 Å². The number of nitrogens with zero attached hydrogens (tertiary/aromatic N) is 2. The Morgan fingerprint density at radius 3 is 2.85 bits per heavy atom. The molecule has 2 aliphatic rings. The van der Waals surface area contributed by atoms with Crippen LogP contribution in [0.25, 0.3) is 0 Å². The quantitative estimate of drug-likeness (QED) is 0.843. The highest BCUT2D eigenvalue weighted by Crippen LogP contribution is 2.27. The van der Waals surface area contributed by atoms with E-state index in [0.717, 1.165) is 48.3 Å². The molecular weight excluding hydrogens is 354 g/mol. The molecule has 0 fully saturated rings. The van der Waals surface area contributed by atoms with Crippen LogP contribution in [0.1, 0.15) is 29.7 Å². The molecular formula is C18H21N3O4S. The van der Waals surface area contributed by atoms with Crippen molar-refractivity contribution >= 4 is 10.0 Å². The van der Waals surface area contributed by atoms with Crippen molar-refractivity contribution in [3.05, 3.63) is 51.4 Å². The van der Waals surface area contributed by atoms with Gasteiger partial charge in [0, 0.05) is 19.0 Å². The second-order valence-corrected chi connectivity index (χ2v) is 8.42. The number of fused-ring (bicyclic) bond motifs is 2. The molecule has 7 nitrogen and oxygen atoms in total. The summed E-state index contributed by atoms with van der Waals surface area (Å²) in [5.74, 6) is 0.744. The van der Waals surface area contributed by atoms with Crippen LogP contribution in [0.5, 0.6) is 5.75 Å². The molecule has 0 saturated carbocycles. The molecule has 0 amide bonds. The number of aromatic nitrogens is 2. The van der Waals surface area contributed by atoms with Gasteiger partial charge in [-0.15, -0.1) is 0 Å². The van der Waals surface area contributed by atoms with E-state index in [1.807, 2.05) is 0 Å². The number of hydrogen-bond donors (Lipinski definition) is 1. The van der Waals surface area contributed by atoms with Crippen molar-refractivity contribution < 1.29 is 13.2 Å². The van der Waals surface area contributed by atoms with E-state index in [2.05, 4.69) is 9.82 Å². The third-order valence-electron chi connectivity index (χ3n) is 4.86. The van der Waals surface area contributed by atoms with Crippen molar-refractivity contribution in [1.29, 1.82) is 0 Å². The molecule has 1 aliphatic carbocycles. The minimum Gasteiger partial charge on any atom is -0.493 e. The molecule has 1 aromatic heterocycles. The maximum absolute atomic E-state index is 12.5. The fourth-order valence-electron chi connectivity index (χ4n) is 3.46. The van der Waals surface area contributed by atoms with Crippen molar-refractivity contribution in [2.24, 2.45) is 0 Å². The van der Waals surface area contributed by atoms with Gasteiger partial charge in [0.2, 0.25) is 10.0 Å². The van der Waals surface area contributed by atoms with Gasteiger partial charge in [0.25, 0.3) is 5.56 Å². The topological polar surface area (TPSA) is 90.3 Å². The van der Waals surface area contributed by atoms with Gasteiger partial charge >= 0.3 is 0 Å². The Kier molecular flexibility index (Phi) is 4.54. The Bertz CT molecular complexity index is 998. The molecule has 8 heteroatoms. The lowest BCUT2D eigenvalue weighted by Gasteiger charge is -2.16. The molecule has 0 radical (unpaired) electrons. The van der Waals surface area contributed by atoms with Crippen LogP contribution >= 0.6 is 0 Å². The summed E-state index contributed by atoms with van der Waals surface area (Å²) in [7, 11) is -3.63. The van der Waals surface area contributed by atoms with Gasteiger partial charge in [-0.05, 0) is 55.0 Å². The predicted molar refractivity (Wildman–Crippen MR) is 96.0 cm³/mol. The van der Waals surface area contributed by atoms with Crippen molar-refractivity contribution in [3.8, 4) is 5.75 Å².